The Morgan fingerprint density at radius 2 is 1.69 bits per heavy atom. The number of imide groups is 1. The molecule has 3 amide bonds. The zero-order valence-corrected chi connectivity index (χ0v) is 19.0. The summed E-state index contributed by atoms with van der Waals surface area (Å²) in [7, 11) is 0. The van der Waals surface area contributed by atoms with Crippen molar-refractivity contribution in [1.29, 1.82) is 0 Å². The number of hydrogen-bond acceptors (Lipinski definition) is 4. The first-order chi connectivity index (χ1) is 15.3. The van der Waals surface area contributed by atoms with Crippen molar-refractivity contribution in [3.8, 4) is 0 Å². The third-order valence-electron chi connectivity index (χ3n) is 6.02. The molecule has 0 aromatic heterocycles. The Labute approximate surface area is 192 Å². The molecule has 2 aromatic rings. The summed E-state index contributed by atoms with van der Waals surface area (Å²) in [6.07, 6.45) is 1.95. The van der Waals surface area contributed by atoms with E-state index in [9.17, 15) is 14.4 Å². The summed E-state index contributed by atoms with van der Waals surface area (Å²) < 4.78 is 0. The van der Waals surface area contributed by atoms with Crippen molar-refractivity contribution in [2.24, 2.45) is 5.92 Å². The van der Waals surface area contributed by atoms with E-state index < -0.39 is 0 Å². The molecule has 32 heavy (non-hydrogen) atoms. The zero-order chi connectivity index (χ0) is 22.8. The summed E-state index contributed by atoms with van der Waals surface area (Å²) in [4.78, 5) is 41.7. The van der Waals surface area contributed by atoms with Crippen LogP contribution in [0.3, 0.4) is 0 Å². The molecule has 166 valence electrons. The molecule has 2 aromatic carbocycles. The van der Waals surface area contributed by atoms with Crippen molar-refractivity contribution >= 4 is 40.6 Å². The minimum absolute atomic E-state index is 0.124. The Morgan fingerprint density at radius 3 is 2.31 bits per heavy atom. The van der Waals surface area contributed by atoms with Crippen molar-refractivity contribution in [1.82, 2.24) is 9.80 Å². The molecule has 2 aliphatic rings. The van der Waals surface area contributed by atoms with E-state index in [1.807, 2.05) is 23.1 Å². The van der Waals surface area contributed by atoms with Crippen molar-refractivity contribution in [3.05, 3.63) is 70.4 Å². The molecule has 1 fully saturated rings. The van der Waals surface area contributed by atoms with Gasteiger partial charge in [-0.2, -0.15) is 0 Å². The van der Waals surface area contributed by atoms with Gasteiger partial charge in [0.25, 0.3) is 11.8 Å². The van der Waals surface area contributed by atoms with Gasteiger partial charge in [0, 0.05) is 30.7 Å². The quantitative estimate of drug-likeness (QED) is 0.688. The molecule has 2 heterocycles. The summed E-state index contributed by atoms with van der Waals surface area (Å²) in [5.74, 6) is -0.182. The van der Waals surface area contributed by atoms with Gasteiger partial charge in [-0.25, -0.2) is 0 Å². The summed E-state index contributed by atoms with van der Waals surface area (Å²) in [6.45, 7) is 5.25. The molecule has 7 heteroatoms. The molecular weight excluding hydrogens is 426 g/mol. The second-order valence-corrected chi connectivity index (χ2v) is 8.85. The van der Waals surface area contributed by atoms with Crippen LogP contribution in [0.25, 0.3) is 5.57 Å². The smallest absolute Gasteiger partial charge is 0.278 e. The Kier molecular flexibility index (Phi) is 6.33. The number of likely N-dealkylation sites (tertiary alicyclic amines) is 1. The highest BCUT2D eigenvalue weighted by Crippen LogP contribution is 2.35. The Balaban J connectivity index is 1.71. The van der Waals surface area contributed by atoms with Crippen LogP contribution in [-0.2, 0) is 20.9 Å². The second kappa shape index (κ2) is 9.17. The molecule has 0 unspecified atom stereocenters. The first-order valence-corrected chi connectivity index (χ1v) is 11.2. The number of nitrogens with one attached hydrogen (secondary N) is 1. The maximum atomic E-state index is 13.5. The van der Waals surface area contributed by atoms with Gasteiger partial charge < -0.3 is 10.2 Å². The van der Waals surface area contributed by atoms with Crippen LogP contribution < -0.4 is 5.32 Å². The molecule has 0 radical (unpaired) electrons. The molecule has 0 aliphatic carbocycles. The monoisotopic (exact) mass is 451 g/mol. The SMILES string of the molecule is CC(=O)Nc1ccc(C2=C(N3CCC(C)CC3)C(=O)N(Cc3ccccc3Cl)C2=O)cc1. The van der Waals surface area contributed by atoms with Gasteiger partial charge in [-0.05, 0) is 48.1 Å². The van der Waals surface area contributed by atoms with Crippen LogP contribution in [-0.4, -0.2) is 40.6 Å². The van der Waals surface area contributed by atoms with E-state index in [-0.39, 0.29) is 24.3 Å². The molecule has 4 rings (SSSR count). The number of amides is 3. The van der Waals surface area contributed by atoms with E-state index in [0.29, 0.717) is 33.5 Å². The topological polar surface area (TPSA) is 69.7 Å². The standard InChI is InChI=1S/C25H26ClN3O3/c1-16-11-13-28(14-12-16)23-22(18-7-9-20(10-8-18)27-17(2)30)24(31)29(25(23)32)15-19-5-3-4-6-21(19)26/h3-10,16H,11-15H2,1-2H3,(H,27,30). The number of anilines is 1. The van der Waals surface area contributed by atoms with Crippen molar-refractivity contribution < 1.29 is 14.4 Å². The Morgan fingerprint density at radius 1 is 1.03 bits per heavy atom. The third kappa shape index (κ3) is 4.41. The van der Waals surface area contributed by atoms with Crippen LogP contribution in [0.1, 0.15) is 37.8 Å². The summed E-state index contributed by atoms with van der Waals surface area (Å²) in [6, 6.07) is 14.3. The molecular formula is C25H26ClN3O3. The van der Waals surface area contributed by atoms with E-state index in [1.165, 1.54) is 11.8 Å². The molecule has 0 atom stereocenters. The Hall–Kier alpha value is -3.12. The molecule has 0 spiro atoms. The molecule has 1 N–H and O–H groups in total. The first kappa shape index (κ1) is 22.1. The number of hydrogen-bond donors (Lipinski definition) is 1. The predicted molar refractivity (Wildman–Crippen MR) is 125 cm³/mol. The number of halogens is 1. The van der Waals surface area contributed by atoms with Gasteiger partial charge in [0.2, 0.25) is 5.91 Å². The fourth-order valence-corrected chi connectivity index (χ4v) is 4.41. The predicted octanol–water partition coefficient (Wildman–Crippen LogP) is 4.31. The minimum Gasteiger partial charge on any atom is -0.366 e. The Bertz CT molecular complexity index is 1090. The van der Waals surface area contributed by atoms with Crippen LogP contribution in [0.15, 0.2) is 54.2 Å². The van der Waals surface area contributed by atoms with Crippen LogP contribution in [0.2, 0.25) is 5.02 Å². The van der Waals surface area contributed by atoms with Gasteiger partial charge in [-0.1, -0.05) is 48.9 Å². The first-order valence-electron chi connectivity index (χ1n) is 10.8. The fraction of sp³-hybridized carbons (Fsp3) is 0.320. The van der Waals surface area contributed by atoms with E-state index in [0.717, 1.165) is 31.5 Å². The largest absolute Gasteiger partial charge is 0.366 e. The van der Waals surface area contributed by atoms with Crippen LogP contribution >= 0.6 is 11.6 Å². The number of carbonyl (C=O) groups is 3. The zero-order valence-electron chi connectivity index (χ0n) is 18.2. The van der Waals surface area contributed by atoms with Crippen molar-refractivity contribution in [3.63, 3.8) is 0 Å². The number of piperidine rings is 1. The lowest BCUT2D eigenvalue weighted by Gasteiger charge is -2.32. The lowest BCUT2D eigenvalue weighted by Crippen LogP contribution is -2.38. The van der Waals surface area contributed by atoms with Gasteiger partial charge in [0.05, 0.1) is 12.1 Å². The van der Waals surface area contributed by atoms with Crippen LogP contribution in [0.5, 0.6) is 0 Å². The molecule has 0 saturated carbocycles. The van der Waals surface area contributed by atoms with Gasteiger partial charge in [0.15, 0.2) is 0 Å². The number of nitrogens with zero attached hydrogens (tertiary/aromatic N) is 2. The molecule has 0 bridgehead atoms. The van der Waals surface area contributed by atoms with Gasteiger partial charge in [-0.3, -0.25) is 19.3 Å². The second-order valence-electron chi connectivity index (χ2n) is 8.44. The van der Waals surface area contributed by atoms with E-state index in [2.05, 4.69) is 12.2 Å². The molecule has 1 saturated heterocycles. The van der Waals surface area contributed by atoms with Crippen LogP contribution in [0, 0.1) is 5.92 Å². The molecule has 2 aliphatic heterocycles. The van der Waals surface area contributed by atoms with E-state index in [4.69, 9.17) is 11.6 Å². The maximum absolute atomic E-state index is 13.5. The summed E-state index contributed by atoms with van der Waals surface area (Å²) in [5.41, 5.74) is 2.89. The van der Waals surface area contributed by atoms with Gasteiger partial charge >= 0.3 is 0 Å². The average Bonchev–Trinajstić information content (AvgIpc) is 3.01. The van der Waals surface area contributed by atoms with E-state index in [1.54, 1.807) is 30.3 Å². The van der Waals surface area contributed by atoms with Crippen LogP contribution in [0.4, 0.5) is 5.69 Å². The summed E-state index contributed by atoms with van der Waals surface area (Å²) in [5, 5.41) is 3.25. The maximum Gasteiger partial charge on any atom is 0.278 e. The lowest BCUT2D eigenvalue weighted by atomic mass is 9.97. The summed E-state index contributed by atoms with van der Waals surface area (Å²) >= 11 is 6.30. The van der Waals surface area contributed by atoms with Crippen molar-refractivity contribution in [2.75, 3.05) is 18.4 Å². The van der Waals surface area contributed by atoms with Gasteiger partial charge in [0.1, 0.15) is 5.70 Å². The third-order valence-corrected chi connectivity index (χ3v) is 6.39. The normalized spacial score (nSPS) is 17.3. The lowest BCUT2D eigenvalue weighted by molar-refractivity contribution is -0.138. The van der Waals surface area contributed by atoms with Gasteiger partial charge in [-0.15, -0.1) is 0 Å². The van der Waals surface area contributed by atoms with E-state index >= 15 is 0 Å². The minimum atomic E-state index is -0.323. The number of carbonyl (C=O) groups excluding carboxylic acids is 3. The molecule has 6 nitrogen and oxygen atoms in total. The van der Waals surface area contributed by atoms with Crippen molar-refractivity contribution in [2.45, 2.75) is 33.2 Å². The number of rotatable bonds is 5. The highest BCUT2D eigenvalue weighted by atomic mass is 35.5. The highest BCUT2D eigenvalue weighted by Gasteiger charge is 2.42. The average molecular weight is 452 g/mol. The number of benzene rings is 2. The fourth-order valence-electron chi connectivity index (χ4n) is 4.21. The highest BCUT2D eigenvalue weighted by molar-refractivity contribution is 6.36.